The molecule has 0 bridgehead atoms. The molecule has 35 heavy (non-hydrogen) atoms. The van der Waals surface area contributed by atoms with Crippen LogP contribution in [0.15, 0.2) is 40.7 Å². The predicted octanol–water partition coefficient (Wildman–Crippen LogP) is 5.71. The van der Waals surface area contributed by atoms with Crippen molar-refractivity contribution in [2.24, 2.45) is 11.8 Å². The van der Waals surface area contributed by atoms with E-state index in [1.807, 2.05) is 32.9 Å². The van der Waals surface area contributed by atoms with Crippen LogP contribution in [0.25, 0.3) is 11.0 Å². The van der Waals surface area contributed by atoms with Gasteiger partial charge in [-0.25, -0.2) is 9.18 Å². The largest absolute Gasteiger partial charge is 0.492 e. The van der Waals surface area contributed by atoms with Crippen molar-refractivity contribution in [2.45, 2.75) is 65.1 Å². The maximum absolute atomic E-state index is 13.2. The number of aryl methyl sites for hydroxylation is 1. The average Bonchev–Trinajstić information content (AvgIpc) is 3.24. The summed E-state index contributed by atoms with van der Waals surface area (Å²) in [7, 11) is 0. The summed E-state index contributed by atoms with van der Waals surface area (Å²) < 4.78 is 30.2. The summed E-state index contributed by atoms with van der Waals surface area (Å²) in [6.07, 6.45) is 8.74. The molecule has 4 rings (SSSR count). The third-order valence-corrected chi connectivity index (χ3v) is 6.59. The molecule has 0 radical (unpaired) electrons. The molecular weight excluding hydrogens is 451 g/mol. The lowest BCUT2D eigenvalue weighted by molar-refractivity contribution is 0.0181. The van der Waals surface area contributed by atoms with Crippen LogP contribution < -0.4 is 4.74 Å². The number of aliphatic hydroxyl groups is 1. The zero-order valence-electron chi connectivity index (χ0n) is 20.8. The zero-order valence-corrected chi connectivity index (χ0v) is 20.8. The van der Waals surface area contributed by atoms with Crippen molar-refractivity contribution in [1.29, 1.82) is 0 Å². The van der Waals surface area contributed by atoms with E-state index in [0.717, 1.165) is 36.8 Å². The third kappa shape index (κ3) is 6.42. The third-order valence-electron chi connectivity index (χ3n) is 6.59. The number of hydrogen-bond donors (Lipinski definition) is 1. The van der Waals surface area contributed by atoms with Crippen LogP contribution in [0.3, 0.4) is 0 Å². The molecule has 1 aliphatic carbocycles. The number of carbonyl (C=O) groups is 1. The molecule has 1 atom stereocenters. The van der Waals surface area contributed by atoms with Crippen molar-refractivity contribution in [3.05, 3.63) is 47.4 Å². The number of likely N-dealkylation sites (tertiary alicyclic amines) is 1. The van der Waals surface area contributed by atoms with Crippen LogP contribution in [-0.4, -0.2) is 46.6 Å². The minimum absolute atomic E-state index is 0.0868. The van der Waals surface area contributed by atoms with Crippen molar-refractivity contribution in [3.8, 4) is 5.75 Å². The first kappa shape index (κ1) is 25.2. The summed E-state index contributed by atoms with van der Waals surface area (Å²) >= 11 is 0. The molecule has 1 aromatic carbocycles. The Morgan fingerprint density at radius 1 is 1.29 bits per heavy atom. The molecule has 1 amide bonds. The number of piperidine rings is 1. The van der Waals surface area contributed by atoms with E-state index in [2.05, 4.69) is 5.16 Å². The van der Waals surface area contributed by atoms with E-state index in [-0.39, 0.29) is 24.4 Å². The Morgan fingerprint density at radius 2 is 2.06 bits per heavy atom. The zero-order chi connectivity index (χ0) is 25.0. The van der Waals surface area contributed by atoms with E-state index in [1.54, 1.807) is 17.1 Å². The monoisotopic (exact) mass is 486 g/mol. The van der Waals surface area contributed by atoms with Crippen LogP contribution in [-0.2, 0) is 17.8 Å². The van der Waals surface area contributed by atoms with Gasteiger partial charge in [-0.15, -0.1) is 0 Å². The molecule has 1 fully saturated rings. The van der Waals surface area contributed by atoms with Gasteiger partial charge in [-0.2, -0.15) is 0 Å². The summed E-state index contributed by atoms with van der Waals surface area (Å²) in [4.78, 5) is 14.1. The van der Waals surface area contributed by atoms with E-state index in [0.29, 0.717) is 48.9 Å². The van der Waals surface area contributed by atoms with Crippen molar-refractivity contribution in [1.82, 2.24) is 10.1 Å². The molecule has 0 spiro atoms. The van der Waals surface area contributed by atoms with Crippen LogP contribution >= 0.6 is 0 Å². The van der Waals surface area contributed by atoms with Crippen molar-refractivity contribution >= 4 is 17.1 Å². The van der Waals surface area contributed by atoms with Gasteiger partial charge in [0, 0.05) is 24.4 Å². The van der Waals surface area contributed by atoms with Gasteiger partial charge in [-0.1, -0.05) is 11.2 Å². The summed E-state index contributed by atoms with van der Waals surface area (Å²) in [6.45, 7) is 7.21. The van der Waals surface area contributed by atoms with Crippen LogP contribution in [0.2, 0.25) is 0 Å². The summed E-state index contributed by atoms with van der Waals surface area (Å²) in [5.74, 6) is 0.925. The number of ether oxygens (including phenoxy) is 2. The standard InChI is InChI=1S/C27H35FN2O5/c1-27(2,3)34-26(32)30-14-12-18(13-15-30)6-10-23-21-9-11-24(22(16-31)25(21)35-29-23)33-17-19-4-7-20(28)8-5-19/h4,7-9,11,18-19,31H,5-6,10,12-17H2,1-3H3. The highest BCUT2D eigenvalue weighted by Crippen LogP contribution is 2.33. The van der Waals surface area contributed by atoms with E-state index in [4.69, 9.17) is 14.0 Å². The van der Waals surface area contributed by atoms with Crippen LogP contribution in [0, 0.1) is 11.8 Å². The predicted molar refractivity (Wildman–Crippen MR) is 131 cm³/mol. The molecule has 1 unspecified atom stereocenters. The molecule has 1 saturated heterocycles. The smallest absolute Gasteiger partial charge is 0.410 e. The quantitative estimate of drug-likeness (QED) is 0.540. The fourth-order valence-corrected chi connectivity index (χ4v) is 4.59. The van der Waals surface area contributed by atoms with Gasteiger partial charge in [-0.05, 0) is 83.1 Å². The van der Waals surface area contributed by atoms with Gasteiger partial charge >= 0.3 is 6.09 Å². The van der Waals surface area contributed by atoms with Crippen molar-refractivity contribution < 1.29 is 28.3 Å². The van der Waals surface area contributed by atoms with Gasteiger partial charge in [0.25, 0.3) is 0 Å². The number of nitrogens with zero attached hydrogens (tertiary/aromatic N) is 2. The lowest BCUT2D eigenvalue weighted by atomic mass is 9.91. The van der Waals surface area contributed by atoms with Crippen LogP contribution in [0.5, 0.6) is 5.75 Å². The lowest BCUT2D eigenvalue weighted by Gasteiger charge is -2.33. The first-order chi connectivity index (χ1) is 16.7. The maximum atomic E-state index is 13.2. The Bertz CT molecular complexity index is 1090. The van der Waals surface area contributed by atoms with E-state index < -0.39 is 5.60 Å². The van der Waals surface area contributed by atoms with Crippen molar-refractivity contribution in [3.63, 3.8) is 0 Å². The first-order valence-electron chi connectivity index (χ1n) is 12.4. The number of amides is 1. The highest BCUT2D eigenvalue weighted by Gasteiger charge is 2.27. The number of hydrogen-bond acceptors (Lipinski definition) is 6. The number of halogens is 1. The summed E-state index contributed by atoms with van der Waals surface area (Å²) in [5, 5.41) is 15.2. The summed E-state index contributed by atoms with van der Waals surface area (Å²) in [5.41, 5.74) is 1.51. The van der Waals surface area contributed by atoms with Gasteiger partial charge < -0.3 is 24.0 Å². The molecule has 1 N–H and O–H groups in total. The highest BCUT2D eigenvalue weighted by atomic mass is 19.1. The number of rotatable bonds is 7. The van der Waals surface area contributed by atoms with E-state index >= 15 is 0 Å². The fraction of sp³-hybridized carbons (Fsp3) is 0.556. The number of fused-ring (bicyclic) bond motifs is 1. The second-order valence-corrected chi connectivity index (χ2v) is 10.4. The Hall–Kier alpha value is -2.87. The minimum atomic E-state index is -0.482. The molecule has 8 heteroatoms. The Kier molecular flexibility index (Phi) is 7.79. The minimum Gasteiger partial charge on any atom is -0.492 e. The van der Waals surface area contributed by atoms with Crippen LogP contribution in [0.1, 0.15) is 57.7 Å². The Morgan fingerprint density at radius 3 is 2.71 bits per heavy atom. The molecular formula is C27H35FN2O5. The topological polar surface area (TPSA) is 85.0 Å². The lowest BCUT2D eigenvalue weighted by Crippen LogP contribution is -2.41. The molecule has 7 nitrogen and oxygen atoms in total. The fourth-order valence-electron chi connectivity index (χ4n) is 4.59. The number of aliphatic hydroxyl groups excluding tert-OH is 1. The summed E-state index contributed by atoms with van der Waals surface area (Å²) in [6, 6.07) is 3.77. The average molecular weight is 487 g/mol. The second kappa shape index (κ2) is 10.8. The van der Waals surface area contributed by atoms with Gasteiger partial charge in [0.05, 0.1) is 24.5 Å². The number of carbonyl (C=O) groups excluding carboxylic acids is 1. The van der Waals surface area contributed by atoms with E-state index in [9.17, 15) is 14.3 Å². The molecule has 1 aliphatic heterocycles. The maximum Gasteiger partial charge on any atom is 0.410 e. The number of benzene rings is 1. The molecule has 2 aliphatic rings. The van der Waals surface area contributed by atoms with Crippen molar-refractivity contribution in [2.75, 3.05) is 19.7 Å². The molecule has 2 heterocycles. The Labute approximate surface area is 205 Å². The Balaban J connectivity index is 1.33. The highest BCUT2D eigenvalue weighted by molar-refractivity contribution is 5.84. The van der Waals surface area contributed by atoms with Gasteiger partial charge in [0.2, 0.25) is 0 Å². The van der Waals surface area contributed by atoms with Gasteiger partial charge in [-0.3, -0.25) is 0 Å². The van der Waals surface area contributed by atoms with Gasteiger partial charge in [0.15, 0.2) is 5.58 Å². The SMILES string of the molecule is CC(C)(C)OC(=O)N1CCC(CCc2noc3c(CO)c(OCC4C=CC(F)=CC4)ccc23)CC1. The number of allylic oxidation sites excluding steroid dienone is 3. The normalized spacial score (nSPS) is 19.2. The second-order valence-electron chi connectivity index (χ2n) is 10.4. The molecule has 2 aromatic rings. The van der Waals surface area contributed by atoms with Gasteiger partial charge in [0.1, 0.15) is 17.2 Å². The molecule has 1 aromatic heterocycles. The number of aromatic nitrogens is 1. The molecule has 190 valence electrons. The van der Waals surface area contributed by atoms with Crippen LogP contribution in [0.4, 0.5) is 9.18 Å². The van der Waals surface area contributed by atoms with E-state index in [1.165, 1.54) is 6.08 Å². The first-order valence-corrected chi connectivity index (χ1v) is 12.4. The molecule has 0 saturated carbocycles.